The van der Waals surface area contributed by atoms with E-state index in [4.69, 9.17) is 13.7 Å². The second-order valence-electron chi connectivity index (χ2n) is 17.5. The van der Waals surface area contributed by atoms with E-state index in [0.29, 0.717) is 35.1 Å². The van der Waals surface area contributed by atoms with Gasteiger partial charge in [-0.1, -0.05) is 63.2 Å². The zero-order chi connectivity index (χ0) is 38.5. The van der Waals surface area contributed by atoms with Gasteiger partial charge in [-0.05, 0) is 111 Å². The van der Waals surface area contributed by atoms with Crippen molar-refractivity contribution < 1.29 is 33.5 Å². The SMILES string of the molecule is Cc1c2c(c(O)c3ccc(CN4CCC4)cc13)C[C@H]1C[C@H]3[C@H](N(C)C)c4onc(OCc5ccccc5)c4C(=O)[C@@]3(O[Si](C)(C)C(C)(C)C)C(O)=C1C2=O. The number of ketones is 2. The van der Waals surface area contributed by atoms with Gasteiger partial charge in [0.25, 0.3) is 5.88 Å². The fourth-order valence-electron chi connectivity index (χ4n) is 9.01. The number of Topliss-reactive ketones (excluding diaryl/α,β-unsaturated/α-hetero) is 2. The molecule has 0 spiro atoms. The topological polar surface area (TPSA) is 126 Å². The number of rotatable bonds is 8. The van der Waals surface area contributed by atoms with Crippen LogP contribution in [-0.2, 0) is 24.0 Å². The first-order chi connectivity index (χ1) is 25.5. The number of benzene rings is 3. The Balaban J connectivity index is 1.31. The van der Waals surface area contributed by atoms with Crippen molar-refractivity contribution in [3.63, 3.8) is 0 Å². The quantitative estimate of drug-likeness (QED) is 0.171. The van der Waals surface area contributed by atoms with Crippen LogP contribution in [0.1, 0.15) is 88.4 Å². The zero-order valence-electron chi connectivity index (χ0n) is 32.6. The Morgan fingerprint density at radius 2 is 1.74 bits per heavy atom. The van der Waals surface area contributed by atoms with E-state index < -0.39 is 37.6 Å². The largest absolute Gasteiger partial charge is 0.508 e. The first-order valence-corrected chi connectivity index (χ1v) is 22.0. The van der Waals surface area contributed by atoms with Gasteiger partial charge in [0.05, 0.1) is 6.04 Å². The van der Waals surface area contributed by atoms with Gasteiger partial charge in [-0.2, -0.15) is 0 Å². The maximum atomic E-state index is 15.5. The molecule has 2 N–H and O–H groups in total. The van der Waals surface area contributed by atoms with Gasteiger partial charge < -0.3 is 23.9 Å². The average Bonchev–Trinajstić information content (AvgIpc) is 3.52. The van der Waals surface area contributed by atoms with Crippen LogP contribution in [0.15, 0.2) is 64.4 Å². The van der Waals surface area contributed by atoms with Gasteiger partial charge in [0.2, 0.25) is 5.78 Å². The lowest BCUT2D eigenvalue weighted by atomic mass is 9.58. The smallest absolute Gasteiger partial charge is 0.265 e. The minimum absolute atomic E-state index is 0.0314. The summed E-state index contributed by atoms with van der Waals surface area (Å²) in [6.07, 6.45) is 1.85. The number of hydrogen-bond donors (Lipinski definition) is 2. The number of nitrogens with zero attached hydrogens (tertiary/aromatic N) is 3. The molecule has 0 bridgehead atoms. The van der Waals surface area contributed by atoms with E-state index in [1.165, 1.54) is 6.42 Å². The number of fused-ring (bicyclic) bond motifs is 5. The van der Waals surface area contributed by atoms with Crippen LogP contribution in [0.3, 0.4) is 0 Å². The van der Waals surface area contributed by atoms with E-state index in [9.17, 15) is 10.2 Å². The normalized spacial score (nSPS) is 24.3. The van der Waals surface area contributed by atoms with Gasteiger partial charge in [0.15, 0.2) is 25.5 Å². The molecule has 0 saturated carbocycles. The minimum atomic E-state index is -2.85. The zero-order valence-corrected chi connectivity index (χ0v) is 33.6. The molecule has 1 fully saturated rings. The van der Waals surface area contributed by atoms with E-state index in [0.717, 1.165) is 41.7 Å². The summed E-state index contributed by atoms with van der Waals surface area (Å²) in [5, 5.41) is 30.2. The van der Waals surface area contributed by atoms with Crippen LogP contribution in [0.25, 0.3) is 10.8 Å². The van der Waals surface area contributed by atoms with Crippen LogP contribution in [0.5, 0.6) is 11.6 Å². The van der Waals surface area contributed by atoms with Crippen LogP contribution >= 0.6 is 0 Å². The lowest BCUT2D eigenvalue weighted by Crippen LogP contribution is -2.65. The highest BCUT2D eigenvalue weighted by atomic mass is 28.4. The summed E-state index contributed by atoms with van der Waals surface area (Å²) in [7, 11) is 0.960. The Hall–Kier alpha value is -4.29. The van der Waals surface area contributed by atoms with Gasteiger partial charge in [-0.3, -0.25) is 19.4 Å². The number of carbonyl (C=O) groups excluding carboxylic acids is 2. The Bertz CT molecular complexity index is 2220. The van der Waals surface area contributed by atoms with Gasteiger partial charge in [0, 0.05) is 34.5 Å². The van der Waals surface area contributed by atoms with Crippen molar-refractivity contribution >= 4 is 30.7 Å². The highest BCUT2D eigenvalue weighted by Crippen LogP contribution is 2.60. The molecule has 4 atom stereocenters. The monoisotopic (exact) mass is 749 g/mol. The molecule has 1 saturated heterocycles. The number of hydrogen-bond acceptors (Lipinski definition) is 10. The summed E-state index contributed by atoms with van der Waals surface area (Å²) in [5.41, 5.74) is 2.15. The number of aliphatic hydroxyl groups is 1. The standard InChI is InChI=1S/C43H51N3O7Si/c1-24-29-19-26(22-46-17-12-18-46)15-16-28(29)36(47)30-20-27-21-31-35(45(5)6)38-34(41(44-52-38)51-23-25-13-10-9-11-14-25)40(50)43(31,53-54(7,8)42(2,3)4)39(49)33(27)37(48)32(24)30/h9-11,13-16,19,27,31,35,47,49H,12,17-18,20-23H2,1-8H3/t27-,31-,35-,43-/m0/s1. The van der Waals surface area contributed by atoms with Crippen molar-refractivity contribution in [3.05, 3.63) is 99.0 Å². The number of carbonyl (C=O) groups is 2. The van der Waals surface area contributed by atoms with Gasteiger partial charge in [-0.15, -0.1) is 0 Å². The van der Waals surface area contributed by atoms with Crippen molar-refractivity contribution in [3.8, 4) is 11.6 Å². The van der Waals surface area contributed by atoms with E-state index >= 15 is 9.59 Å². The summed E-state index contributed by atoms with van der Waals surface area (Å²) in [4.78, 5) is 34.9. The Morgan fingerprint density at radius 1 is 1.02 bits per heavy atom. The molecule has 3 aromatic carbocycles. The lowest BCUT2D eigenvalue weighted by Gasteiger charge is -2.55. The highest BCUT2D eigenvalue weighted by Gasteiger charge is 2.67. The summed E-state index contributed by atoms with van der Waals surface area (Å²) in [6, 6.07) is 15.1. The second-order valence-corrected chi connectivity index (χ2v) is 22.2. The number of aromatic nitrogens is 1. The molecule has 0 radical (unpaired) electrons. The predicted molar refractivity (Wildman–Crippen MR) is 209 cm³/mol. The Kier molecular flexibility index (Phi) is 8.76. The molecule has 4 aliphatic rings. The molecule has 0 unspecified atom stereocenters. The minimum Gasteiger partial charge on any atom is -0.508 e. The summed E-state index contributed by atoms with van der Waals surface area (Å²) in [5.74, 6) is -1.86. The highest BCUT2D eigenvalue weighted by molar-refractivity contribution is 6.74. The molecule has 0 amide bonds. The van der Waals surface area contributed by atoms with Crippen molar-refractivity contribution in [2.75, 3.05) is 27.2 Å². The third-order valence-electron chi connectivity index (χ3n) is 13.0. The van der Waals surface area contributed by atoms with Crippen molar-refractivity contribution in [2.24, 2.45) is 11.8 Å². The Morgan fingerprint density at radius 3 is 2.39 bits per heavy atom. The molecular formula is C43H51N3O7Si. The first-order valence-electron chi connectivity index (χ1n) is 19.1. The molecule has 1 aliphatic heterocycles. The van der Waals surface area contributed by atoms with Crippen molar-refractivity contribution in [1.29, 1.82) is 0 Å². The van der Waals surface area contributed by atoms with Crippen LogP contribution in [0.4, 0.5) is 0 Å². The number of aryl methyl sites for hydroxylation is 1. The number of ether oxygens (including phenoxy) is 1. The van der Waals surface area contributed by atoms with Crippen LogP contribution in [-0.4, -0.2) is 77.8 Å². The van der Waals surface area contributed by atoms with E-state index in [1.807, 2.05) is 62.3 Å². The third kappa shape index (κ3) is 5.49. The molecule has 4 aromatic rings. The molecule has 11 heteroatoms. The van der Waals surface area contributed by atoms with E-state index in [-0.39, 0.29) is 46.0 Å². The van der Waals surface area contributed by atoms with Crippen molar-refractivity contribution in [2.45, 2.75) is 89.9 Å². The summed E-state index contributed by atoms with van der Waals surface area (Å²) < 4.78 is 19.5. The molecular weight excluding hydrogens is 699 g/mol. The number of aromatic hydroxyl groups is 1. The second kappa shape index (κ2) is 12.9. The first kappa shape index (κ1) is 36.7. The number of phenols is 1. The van der Waals surface area contributed by atoms with Gasteiger partial charge >= 0.3 is 0 Å². The van der Waals surface area contributed by atoms with Gasteiger partial charge in [-0.25, -0.2) is 0 Å². The number of phenolic OH excluding ortho intramolecular Hbond substituents is 1. The Labute approximate surface area is 317 Å². The lowest BCUT2D eigenvalue weighted by molar-refractivity contribution is -0.0480. The van der Waals surface area contributed by atoms with Crippen LogP contribution in [0, 0.1) is 18.8 Å². The maximum absolute atomic E-state index is 15.5. The number of aliphatic hydroxyl groups excluding tert-OH is 1. The van der Waals surface area contributed by atoms with E-state index in [2.05, 4.69) is 56.1 Å². The van der Waals surface area contributed by atoms with Crippen LogP contribution < -0.4 is 4.74 Å². The average molecular weight is 750 g/mol. The molecule has 54 heavy (non-hydrogen) atoms. The summed E-state index contributed by atoms with van der Waals surface area (Å²) in [6.45, 7) is 15.4. The fraction of sp³-hybridized carbons (Fsp3) is 0.465. The predicted octanol–water partition coefficient (Wildman–Crippen LogP) is 8.07. The molecule has 3 aliphatic carbocycles. The molecule has 284 valence electrons. The molecule has 10 nitrogen and oxygen atoms in total. The van der Waals surface area contributed by atoms with Gasteiger partial charge in [0.1, 0.15) is 23.7 Å². The molecule has 2 heterocycles. The third-order valence-corrected chi connectivity index (χ3v) is 17.4. The van der Waals surface area contributed by atoms with E-state index in [1.54, 1.807) is 0 Å². The maximum Gasteiger partial charge on any atom is 0.265 e. The van der Waals surface area contributed by atoms with Crippen LogP contribution in [0.2, 0.25) is 18.1 Å². The molecule has 1 aromatic heterocycles. The fourth-order valence-corrected chi connectivity index (χ4v) is 10.5. The number of allylic oxidation sites excluding steroid dienone is 1. The molecule has 8 rings (SSSR count). The number of likely N-dealkylation sites (tertiary alicyclic amines) is 1. The van der Waals surface area contributed by atoms with Crippen molar-refractivity contribution in [1.82, 2.24) is 15.0 Å². The summed E-state index contributed by atoms with van der Waals surface area (Å²) >= 11 is 0.